The molecule has 4 N–H and O–H groups in total. The van der Waals surface area contributed by atoms with Gasteiger partial charge in [0.05, 0.1) is 5.75 Å². The van der Waals surface area contributed by atoms with Gasteiger partial charge in [-0.25, -0.2) is 4.79 Å². The van der Waals surface area contributed by atoms with Crippen molar-refractivity contribution in [1.82, 2.24) is 5.32 Å². The third-order valence-corrected chi connectivity index (χ3v) is 4.78. The SMILES string of the molecule is CCCCCCCCCCCCCCCCCCNC(=O)CS.NC(=O)O. The summed E-state index contributed by atoms with van der Waals surface area (Å²) in [5, 5.41) is 10.1. The van der Waals surface area contributed by atoms with Crippen LogP contribution in [0.3, 0.4) is 0 Å². The van der Waals surface area contributed by atoms with E-state index in [0.717, 1.165) is 13.0 Å². The largest absolute Gasteiger partial charge is 0.465 e. The number of nitrogens with one attached hydrogen (secondary N) is 1. The van der Waals surface area contributed by atoms with Crippen LogP contribution in [0.2, 0.25) is 0 Å². The van der Waals surface area contributed by atoms with Crippen molar-refractivity contribution in [2.24, 2.45) is 5.73 Å². The van der Waals surface area contributed by atoms with E-state index in [4.69, 9.17) is 9.90 Å². The fraction of sp³-hybridized carbons (Fsp3) is 0.905. The molecule has 0 aliphatic rings. The molecular formula is C21H44N2O3S. The van der Waals surface area contributed by atoms with Gasteiger partial charge in [-0.2, -0.15) is 12.6 Å². The summed E-state index contributed by atoms with van der Waals surface area (Å²) in [7, 11) is 0. The van der Waals surface area contributed by atoms with Gasteiger partial charge < -0.3 is 16.2 Å². The first kappa shape index (κ1) is 28.3. The normalized spacial score (nSPS) is 10.1. The zero-order chi connectivity index (χ0) is 20.6. The van der Waals surface area contributed by atoms with Crippen molar-refractivity contribution in [2.45, 2.75) is 110 Å². The van der Waals surface area contributed by atoms with Crippen molar-refractivity contribution in [1.29, 1.82) is 0 Å². The number of amides is 2. The van der Waals surface area contributed by atoms with E-state index in [9.17, 15) is 4.79 Å². The third-order valence-electron chi connectivity index (χ3n) is 4.50. The highest BCUT2D eigenvalue weighted by molar-refractivity contribution is 7.81. The van der Waals surface area contributed by atoms with Crippen LogP contribution in [-0.2, 0) is 4.79 Å². The van der Waals surface area contributed by atoms with Crippen LogP contribution in [0, 0.1) is 0 Å². The molecule has 0 unspecified atom stereocenters. The monoisotopic (exact) mass is 404 g/mol. The van der Waals surface area contributed by atoms with Gasteiger partial charge in [0.1, 0.15) is 0 Å². The maximum atomic E-state index is 11.0. The van der Waals surface area contributed by atoms with Crippen molar-refractivity contribution in [3.63, 3.8) is 0 Å². The van der Waals surface area contributed by atoms with Crippen molar-refractivity contribution >= 4 is 24.6 Å². The number of carbonyl (C=O) groups excluding carboxylic acids is 1. The van der Waals surface area contributed by atoms with Gasteiger partial charge in [0.15, 0.2) is 0 Å². The molecule has 0 heterocycles. The zero-order valence-corrected chi connectivity index (χ0v) is 18.4. The fourth-order valence-electron chi connectivity index (χ4n) is 2.96. The molecular weight excluding hydrogens is 360 g/mol. The number of nitrogens with two attached hydrogens (primary N) is 1. The molecule has 0 saturated carbocycles. The van der Waals surface area contributed by atoms with E-state index in [0.29, 0.717) is 5.75 Å². The molecule has 0 radical (unpaired) electrons. The van der Waals surface area contributed by atoms with Gasteiger partial charge in [-0.05, 0) is 6.42 Å². The molecule has 0 spiro atoms. The van der Waals surface area contributed by atoms with E-state index in [1.165, 1.54) is 96.3 Å². The Morgan fingerprint density at radius 3 is 1.33 bits per heavy atom. The molecule has 0 aliphatic carbocycles. The molecule has 5 nitrogen and oxygen atoms in total. The van der Waals surface area contributed by atoms with Gasteiger partial charge in [-0.15, -0.1) is 0 Å². The van der Waals surface area contributed by atoms with Crippen LogP contribution in [0.1, 0.15) is 110 Å². The van der Waals surface area contributed by atoms with Crippen molar-refractivity contribution in [3.05, 3.63) is 0 Å². The summed E-state index contributed by atoms with van der Waals surface area (Å²) in [4.78, 5) is 19.8. The van der Waals surface area contributed by atoms with Crippen LogP contribution in [0.25, 0.3) is 0 Å². The second kappa shape index (κ2) is 25.1. The summed E-state index contributed by atoms with van der Waals surface area (Å²) >= 11 is 3.94. The van der Waals surface area contributed by atoms with Gasteiger partial charge in [-0.1, -0.05) is 103 Å². The molecule has 0 fully saturated rings. The Bertz CT molecular complexity index is 325. The van der Waals surface area contributed by atoms with E-state index in [1.807, 2.05) is 0 Å². The quantitative estimate of drug-likeness (QED) is 0.169. The minimum absolute atomic E-state index is 0.0503. The lowest BCUT2D eigenvalue weighted by Gasteiger charge is -2.04. The number of hydrogen-bond donors (Lipinski definition) is 4. The standard InChI is InChI=1S/C20H41NOS.CH3NO2/c1-2-3-4-5-6-7-8-9-10-11-12-13-14-15-16-17-18-21-20(22)19-23;2-1(3)4/h23H,2-19H2,1H3,(H,21,22);2H2,(H,3,4). The highest BCUT2D eigenvalue weighted by Crippen LogP contribution is 2.13. The Kier molecular flexibility index (Phi) is 26.3. The smallest absolute Gasteiger partial charge is 0.402 e. The molecule has 0 atom stereocenters. The molecule has 162 valence electrons. The fourth-order valence-corrected chi connectivity index (χ4v) is 3.07. The minimum atomic E-state index is -1.33. The lowest BCUT2D eigenvalue weighted by molar-refractivity contribution is -0.118. The number of carboxylic acid groups (broad SMARTS) is 1. The van der Waals surface area contributed by atoms with Crippen LogP contribution < -0.4 is 11.1 Å². The van der Waals surface area contributed by atoms with E-state index in [1.54, 1.807) is 0 Å². The summed E-state index contributed by atoms with van der Waals surface area (Å²) in [5.74, 6) is 0.355. The van der Waals surface area contributed by atoms with Crippen molar-refractivity contribution < 1.29 is 14.7 Å². The Balaban J connectivity index is 0. The third kappa shape index (κ3) is 33.1. The van der Waals surface area contributed by atoms with Gasteiger partial charge in [0.25, 0.3) is 0 Å². The highest BCUT2D eigenvalue weighted by Gasteiger charge is 1.96. The zero-order valence-electron chi connectivity index (χ0n) is 17.5. The Labute approximate surface area is 172 Å². The average Bonchev–Trinajstić information content (AvgIpc) is 2.63. The first-order valence-electron chi connectivity index (χ1n) is 10.9. The molecule has 0 aromatic rings. The number of unbranched alkanes of at least 4 members (excludes halogenated alkanes) is 15. The van der Waals surface area contributed by atoms with Gasteiger partial charge >= 0.3 is 6.09 Å². The lowest BCUT2D eigenvalue weighted by atomic mass is 10.0. The number of hydrogen-bond acceptors (Lipinski definition) is 3. The first-order valence-corrected chi connectivity index (χ1v) is 11.5. The molecule has 0 aromatic carbocycles. The summed E-state index contributed by atoms with van der Waals surface area (Å²) in [6, 6.07) is 0. The predicted molar refractivity (Wildman–Crippen MR) is 119 cm³/mol. The molecule has 2 amide bonds. The van der Waals surface area contributed by atoms with Crippen molar-refractivity contribution in [3.8, 4) is 0 Å². The summed E-state index contributed by atoms with van der Waals surface area (Å²) in [6.07, 6.45) is 20.8. The molecule has 0 aliphatic heterocycles. The molecule has 6 heteroatoms. The number of primary amides is 1. The van der Waals surface area contributed by atoms with Crippen LogP contribution in [0.5, 0.6) is 0 Å². The molecule has 0 rings (SSSR count). The molecule has 0 bridgehead atoms. The number of rotatable bonds is 18. The maximum Gasteiger partial charge on any atom is 0.402 e. The van der Waals surface area contributed by atoms with Crippen LogP contribution >= 0.6 is 12.6 Å². The highest BCUT2D eigenvalue weighted by atomic mass is 32.1. The van der Waals surface area contributed by atoms with Gasteiger partial charge in [0.2, 0.25) is 5.91 Å². The van der Waals surface area contributed by atoms with E-state index in [2.05, 4.69) is 30.6 Å². The Hall–Kier alpha value is -0.910. The van der Waals surface area contributed by atoms with Crippen molar-refractivity contribution in [2.75, 3.05) is 12.3 Å². The second-order valence-corrected chi connectivity index (χ2v) is 7.47. The molecule has 27 heavy (non-hydrogen) atoms. The van der Waals surface area contributed by atoms with Crippen LogP contribution in [-0.4, -0.2) is 29.4 Å². The summed E-state index contributed by atoms with van der Waals surface area (Å²) < 4.78 is 0. The predicted octanol–water partition coefficient (Wildman–Crippen LogP) is 5.92. The second-order valence-electron chi connectivity index (χ2n) is 7.15. The Morgan fingerprint density at radius 1 is 0.741 bits per heavy atom. The summed E-state index contributed by atoms with van der Waals surface area (Å²) in [6.45, 7) is 3.10. The minimum Gasteiger partial charge on any atom is -0.465 e. The topological polar surface area (TPSA) is 92.4 Å². The summed E-state index contributed by atoms with van der Waals surface area (Å²) in [5.41, 5.74) is 4.03. The van der Waals surface area contributed by atoms with Crippen LogP contribution in [0.4, 0.5) is 4.79 Å². The van der Waals surface area contributed by atoms with E-state index < -0.39 is 6.09 Å². The van der Waals surface area contributed by atoms with Crippen LogP contribution in [0.15, 0.2) is 0 Å². The van der Waals surface area contributed by atoms with Gasteiger partial charge in [-0.3, -0.25) is 4.79 Å². The average molecular weight is 405 g/mol. The molecule has 0 saturated heterocycles. The number of thiol groups is 1. The molecule has 0 aromatic heterocycles. The van der Waals surface area contributed by atoms with Gasteiger partial charge in [0, 0.05) is 6.54 Å². The maximum absolute atomic E-state index is 11.0. The number of carbonyl (C=O) groups is 2. The first-order chi connectivity index (χ1) is 13.0. The lowest BCUT2D eigenvalue weighted by Crippen LogP contribution is -2.25. The Morgan fingerprint density at radius 2 is 1.04 bits per heavy atom. The van der Waals surface area contributed by atoms with E-state index >= 15 is 0 Å². The van der Waals surface area contributed by atoms with E-state index in [-0.39, 0.29) is 5.91 Å².